The van der Waals surface area contributed by atoms with Crippen LogP contribution in [0, 0.1) is 17.1 Å². The molecule has 4 nitrogen and oxygen atoms in total. The predicted molar refractivity (Wildman–Crippen MR) is 97.9 cm³/mol. The van der Waals surface area contributed by atoms with Gasteiger partial charge >= 0.3 is 0 Å². The molecule has 0 spiro atoms. The van der Waals surface area contributed by atoms with Crippen LogP contribution in [0.25, 0.3) is 6.08 Å². The average Bonchev–Trinajstić information content (AvgIpc) is 3.26. The molecule has 0 aliphatic rings. The van der Waals surface area contributed by atoms with Gasteiger partial charge in [-0.1, -0.05) is 18.2 Å². The van der Waals surface area contributed by atoms with E-state index in [0.717, 1.165) is 15.3 Å². The minimum Gasteiger partial charge on any atom is -0.297 e. The summed E-state index contributed by atoms with van der Waals surface area (Å²) in [4.78, 5) is 18.1. The lowest BCUT2D eigenvalue weighted by Crippen LogP contribution is -2.13. The molecule has 0 bridgehead atoms. The van der Waals surface area contributed by atoms with Gasteiger partial charge in [0.25, 0.3) is 5.91 Å². The van der Waals surface area contributed by atoms with Gasteiger partial charge in [0.05, 0.1) is 0 Å². The van der Waals surface area contributed by atoms with Crippen molar-refractivity contribution in [3.05, 3.63) is 74.7 Å². The molecule has 7 heteroatoms. The minimum absolute atomic E-state index is 0.0257. The van der Waals surface area contributed by atoms with E-state index in [1.807, 2.05) is 23.6 Å². The number of nitrogens with one attached hydrogen (secondary N) is 1. The Labute approximate surface area is 151 Å². The molecule has 2 aromatic heterocycles. The van der Waals surface area contributed by atoms with Crippen LogP contribution in [0.3, 0.4) is 0 Å². The van der Waals surface area contributed by atoms with Crippen LogP contribution in [0.15, 0.2) is 53.5 Å². The Bertz CT molecular complexity index is 938. The van der Waals surface area contributed by atoms with E-state index in [-0.39, 0.29) is 11.4 Å². The Hall–Kier alpha value is -2.82. The summed E-state index contributed by atoms with van der Waals surface area (Å²) in [5, 5.41) is 14.1. The molecule has 0 aliphatic carbocycles. The third-order valence-electron chi connectivity index (χ3n) is 3.26. The molecule has 0 aliphatic heterocycles. The lowest BCUT2D eigenvalue weighted by Gasteiger charge is -1.99. The Morgan fingerprint density at radius 2 is 2.12 bits per heavy atom. The third-order valence-corrected chi connectivity index (χ3v) is 4.99. The number of benzene rings is 1. The molecule has 0 fully saturated rings. The van der Waals surface area contributed by atoms with Gasteiger partial charge in [0.15, 0.2) is 5.13 Å². The topological polar surface area (TPSA) is 65.8 Å². The van der Waals surface area contributed by atoms with Crippen molar-refractivity contribution in [2.45, 2.75) is 6.42 Å². The summed E-state index contributed by atoms with van der Waals surface area (Å²) >= 11 is 2.77. The Kier molecular flexibility index (Phi) is 5.33. The number of thiophene rings is 1. The SMILES string of the molecule is N#C/C(=C/c1cccs1)C(=O)Nc1ncc(Cc2ccc(F)cc2)s1. The Balaban J connectivity index is 1.67. The number of anilines is 1. The summed E-state index contributed by atoms with van der Waals surface area (Å²) in [5.41, 5.74) is 0.982. The average molecular weight is 369 g/mol. The first kappa shape index (κ1) is 17.0. The van der Waals surface area contributed by atoms with Crippen LogP contribution in [0.2, 0.25) is 0 Å². The molecule has 0 radical (unpaired) electrons. The van der Waals surface area contributed by atoms with Gasteiger partial charge in [-0.3, -0.25) is 10.1 Å². The molecule has 0 unspecified atom stereocenters. The quantitative estimate of drug-likeness (QED) is 0.533. The first-order valence-corrected chi connectivity index (χ1v) is 8.99. The highest BCUT2D eigenvalue weighted by Crippen LogP contribution is 2.22. The molecule has 25 heavy (non-hydrogen) atoms. The fourth-order valence-corrected chi connectivity index (χ4v) is 3.58. The molecule has 1 amide bonds. The summed E-state index contributed by atoms with van der Waals surface area (Å²) in [6.45, 7) is 0. The number of halogens is 1. The van der Waals surface area contributed by atoms with Crippen molar-refractivity contribution in [3.8, 4) is 6.07 Å². The molecular formula is C18H12FN3OS2. The van der Waals surface area contributed by atoms with Crippen LogP contribution in [-0.2, 0) is 11.2 Å². The zero-order chi connectivity index (χ0) is 17.6. The van der Waals surface area contributed by atoms with E-state index in [1.165, 1.54) is 34.8 Å². The molecular weight excluding hydrogens is 357 g/mol. The summed E-state index contributed by atoms with van der Waals surface area (Å²) in [7, 11) is 0. The van der Waals surface area contributed by atoms with Gasteiger partial charge < -0.3 is 0 Å². The molecule has 0 saturated carbocycles. The van der Waals surface area contributed by atoms with Crippen molar-refractivity contribution in [2.24, 2.45) is 0 Å². The molecule has 0 atom stereocenters. The number of nitrogens with zero attached hydrogens (tertiary/aromatic N) is 2. The van der Waals surface area contributed by atoms with Crippen molar-refractivity contribution in [3.63, 3.8) is 0 Å². The van der Waals surface area contributed by atoms with Crippen LogP contribution < -0.4 is 5.32 Å². The van der Waals surface area contributed by atoms with Gasteiger partial charge in [0.1, 0.15) is 17.5 Å². The molecule has 0 saturated heterocycles. The maximum Gasteiger partial charge on any atom is 0.268 e. The highest BCUT2D eigenvalue weighted by atomic mass is 32.1. The van der Waals surface area contributed by atoms with Crippen LogP contribution in [0.5, 0.6) is 0 Å². The van der Waals surface area contributed by atoms with Crippen LogP contribution in [0.1, 0.15) is 15.3 Å². The summed E-state index contributed by atoms with van der Waals surface area (Å²) in [6, 6.07) is 11.8. The number of nitriles is 1. The Morgan fingerprint density at radius 1 is 1.32 bits per heavy atom. The molecule has 1 aromatic carbocycles. The fourth-order valence-electron chi connectivity index (χ4n) is 2.08. The molecule has 124 valence electrons. The number of carbonyl (C=O) groups is 1. The monoisotopic (exact) mass is 369 g/mol. The molecule has 1 N–H and O–H groups in total. The second kappa shape index (κ2) is 7.83. The van der Waals surface area contributed by atoms with E-state index in [1.54, 1.807) is 24.4 Å². The van der Waals surface area contributed by atoms with Gasteiger partial charge in [-0.05, 0) is 35.2 Å². The van der Waals surface area contributed by atoms with Crippen LogP contribution in [0.4, 0.5) is 9.52 Å². The lowest BCUT2D eigenvalue weighted by atomic mass is 10.1. The van der Waals surface area contributed by atoms with E-state index in [0.29, 0.717) is 11.6 Å². The zero-order valence-corrected chi connectivity index (χ0v) is 14.5. The van der Waals surface area contributed by atoms with E-state index in [2.05, 4.69) is 10.3 Å². The molecule has 2 heterocycles. The van der Waals surface area contributed by atoms with Gasteiger partial charge in [-0.15, -0.1) is 22.7 Å². The van der Waals surface area contributed by atoms with Crippen molar-refractivity contribution in [2.75, 3.05) is 5.32 Å². The maximum absolute atomic E-state index is 12.9. The Morgan fingerprint density at radius 3 is 2.80 bits per heavy atom. The van der Waals surface area contributed by atoms with E-state index >= 15 is 0 Å². The summed E-state index contributed by atoms with van der Waals surface area (Å²) < 4.78 is 12.9. The second-order valence-corrected chi connectivity index (χ2v) is 7.17. The summed E-state index contributed by atoms with van der Waals surface area (Å²) in [6.07, 6.45) is 3.82. The van der Waals surface area contributed by atoms with Gasteiger partial charge in [0.2, 0.25) is 0 Å². The van der Waals surface area contributed by atoms with Crippen molar-refractivity contribution >= 4 is 39.8 Å². The standard InChI is InChI=1S/C18H12FN3OS2/c19-14-5-3-12(4-6-14)8-16-11-21-18(25-16)22-17(23)13(10-20)9-15-2-1-7-24-15/h1-7,9,11H,8H2,(H,21,22,23)/b13-9-. The highest BCUT2D eigenvalue weighted by Gasteiger charge is 2.12. The molecule has 3 rings (SSSR count). The second-order valence-electron chi connectivity index (χ2n) is 5.07. The number of rotatable bonds is 5. The number of hydrogen-bond donors (Lipinski definition) is 1. The number of hydrogen-bond acceptors (Lipinski definition) is 5. The zero-order valence-electron chi connectivity index (χ0n) is 12.9. The fraction of sp³-hybridized carbons (Fsp3) is 0.0556. The first-order chi connectivity index (χ1) is 12.1. The van der Waals surface area contributed by atoms with Gasteiger partial charge in [-0.25, -0.2) is 9.37 Å². The number of aromatic nitrogens is 1. The van der Waals surface area contributed by atoms with Crippen LogP contribution in [-0.4, -0.2) is 10.9 Å². The predicted octanol–water partition coefficient (Wildman–Crippen LogP) is 4.48. The van der Waals surface area contributed by atoms with E-state index in [9.17, 15) is 14.4 Å². The smallest absolute Gasteiger partial charge is 0.268 e. The van der Waals surface area contributed by atoms with Crippen molar-refractivity contribution in [1.29, 1.82) is 5.26 Å². The lowest BCUT2D eigenvalue weighted by molar-refractivity contribution is -0.112. The largest absolute Gasteiger partial charge is 0.297 e. The van der Waals surface area contributed by atoms with Crippen molar-refractivity contribution in [1.82, 2.24) is 4.98 Å². The third kappa shape index (κ3) is 4.59. The number of carbonyl (C=O) groups excluding carboxylic acids is 1. The number of thiazole rings is 1. The van der Waals surface area contributed by atoms with Crippen LogP contribution >= 0.6 is 22.7 Å². The molecule has 3 aromatic rings. The van der Waals surface area contributed by atoms with Gasteiger partial charge in [0, 0.05) is 22.4 Å². The number of amides is 1. The van der Waals surface area contributed by atoms with Gasteiger partial charge in [-0.2, -0.15) is 5.26 Å². The van der Waals surface area contributed by atoms with E-state index < -0.39 is 5.91 Å². The van der Waals surface area contributed by atoms with Crippen molar-refractivity contribution < 1.29 is 9.18 Å². The van der Waals surface area contributed by atoms with E-state index in [4.69, 9.17) is 0 Å². The first-order valence-electron chi connectivity index (χ1n) is 7.30. The highest BCUT2D eigenvalue weighted by molar-refractivity contribution is 7.15. The maximum atomic E-state index is 12.9. The minimum atomic E-state index is -0.487. The normalized spacial score (nSPS) is 11.1. The summed E-state index contributed by atoms with van der Waals surface area (Å²) in [5.74, 6) is -0.763.